The second kappa shape index (κ2) is 12.5. The van der Waals surface area contributed by atoms with Crippen LogP contribution in [0, 0.1) is 28.6 Å². The summed E-state index contributed by atoms with van der Waals surface area (Å²) < 4.78 is 17.6. The lowest BCUT2D eigenvalue weighted by molar-refractivity contribution is -0.282. The molecule has 0 aromatic rings. The van der Waals surface area contributed by atoms with E-state index in [-0.39, 0.29) is 41.7 Å². The first-order chi connectivity index (χ1) is 22.0. The van der Waals surface area contributed by atoms with Crippen molar-refractivity contribution in [2.45, 2.75) is 139 Å². The zero-order valence-corrected chi connectivity index (χ0v) is 27.8. The number of ether oxygens (including phenoxy) is 3. The summed E-state index contributed by atoms with van der Waals surface area (Å²) in [6.45, 7) is 8.19. The number of esters is 1. The SMILES string of the molecule is C[C@@H]1O[C@@H](O[C@H]2CC[C@]3(C=NCCN4CCCCC4)[C@H]4CC[C@]5(C)[C@@H](C6=CC(=O)OC6)CC[C@]5(O)[C@@H]4CC[C@]3(O)C2)C[C@@H](O)[C@@H]1O. The monoisotopic (exact) mass is 644 g/mol. The largest absolute Gasteiger partial charge is 0.458 e. The highest BCUT2D eigenvalue weighted by atomic mass is 16.7. The summed E-state index contributed by atoms with van der Waals surface area (Å²) in [6.07, 6.45) is 11.0. The van der Waals surface area contributed by atoms with Gasteiger partial charge in [0.15, 0.2) is 6.29 Å². The van der Waals surface area contributed by atoms with Gasteiger partial charge >= 0.3 is 5.97 Å². The fraction of sp³-hybridized carbons (Fsp3) is 0.889. The van der Waals surface area contributed by atoms with E-state index < -0.39 is 41.2 Å². The van der Waals surface area contributed by atoms with Gasteiger partial charge in [0.2, 0.25) is 0 Å². The molecule has 0 bridgehead atoms. The van der Waals surface area contributed by atoms with Gasteiger partial charge < -0.3 is 39.5 Å². The van der Waals surface area contributed by atoms with Crippen molar-refractivity contribution in [1.82, 2.24) is 4.90 Å². The molecule has 2 saturated heterocycles. The van der Waals surface area contributed by atoms with Crippen molar-refractivity contribution < 1.29 is 39.4 Å². The summed E-state index contributed by atoms with van der Waals surface area (Å²) in [7, 11) is 0. The number of carbonyl (C=O) groups is 1. The van der Waals surface area contributed by atoms with Crippen molar-refractivity contribution in [3.8, 4) is 0 Å². The molecule has 10 nitrogen and oxygen atoms in total. The van der Waals surface area contributed by atoms with Crippen LogP contribution in [0.15, 0.2) is 16.6 Å². The highest BCUT2D eigenvalue weighted by molar-refractivity contribution is 5.85. The summed E-state index contributed by atoms with van der Waals surface area (Å²) in [5, 5.41) is 46.0. The molecule has 10 heteroatoms. The summed E-state index contributed by atoms with van der Waals surface area (Å²) in [6, 6.07) is 0. The Kier molecular flexibility index (Phi) is 8.99. The molecular formula is C36H56N2O8. The van der Waals surface area contributed by atoms with Crippen molar-refractivity contribution in [2.75, 3.05) is 32.8 Å². The van der Waals surface area contributed by atoms with Crippen LogP contribution in [-0.2, 0) is 19.0 Å². The zero-order chi connectivity index (χ0) is 32.3. The van der Waals surface area contributed by atoms with Gasteiger partial charge in [-0.05, 0) is 108 Å². The van der Waals surface area contributed by atoms with E-state index in [1.165, 1.54) is 19.3 Å². The summed E-state index contributed by atoms with van der Waals surface area (Å²) in [5.74, 6) is -0.0415. The first-order valence-corrected chi connectivity index (χ1v) is 18.2. The third kappa shape index (κ3) is 5.42. The van der Waals surface area contributed by atoms with Crippen molar-refractivity contribution in [2.24, 2.45) is 33.6 Å². The first-order valence-electron chi connectivity index (χ1n) is 18.2. The lowest BCUT2D eigenvalue weighted by Crippen LogP contribution is -2.69. The minimum absolute atomic E-state index is 0.0281. The topological polar surface area (TPSA) is 141 Å². The minimum Gasteiger partial charge on any atom is -0.458 e. The molecule has 0 amide bonds. The Morgan fingerprint density at radius 1 is 1.04 bits per heavy atom. The molecule has 4 aliphatic carbocycles. The standard InChI is InChI=1S/C36H56N2O8/c1-23-32(41)29(39)19-31(45-23)46-25-6-11-34(22-37-14-17-38-15-4-3-5-16-38)27-7-10-33(2)26(24-18-30(40)44-21-24)9-13-36(33,43)28(27)8-12-35(34,42)20-25/h18,22-23,25-29,31-32,39,41-43H,3-17,19-21H2,1-2H3/t23-,25-,26+,27-,28+,29+,31-,32+,33+,34-,35-,36-/m0/s1. The van der Waals surface area contributed by atoms with Gasteiger partial charge in [-0.3, -0.25) is 4.99 Å². The van der Waals surface area contributed by atoms with Gasteiger partial charge in [-0.25, -0.2) is 4.79 Å². The predicted octanol–water partition coefficient (Wildman–Crippen LogP) is 3.14. The number of hydrogen-bond donors (Lipinski definition) is 4. The van der Waals surface area contributed by atoms with E-state index in [2.05, 4.69) is 18.0 Å². The molecule has 4 N–H and O–H groups in total. The van der Waals surface area contributed by atoms with E-state index in [0.717, 1.165) is 57.3 Å². The second-order valence-electron chi connectivity index (χ2n) is 16.1. The van der Waals surface area contributed by atoms with Crippen LogP contribution >= 0.6 is 0 Å². The molecule has 0 spiro atoms. The van der Waals surface area contributed by atoms with Crippen molar-refractivity contribution >= 4 is 12.2 Å². The van der Waals surface area contributed by atoms with Gasteiger partial charge in [0.25, 0.3) is 0 Å². The van der Waals surface area contributed by atoms with E-state index in [1.807, 2.05) is 0 Å². The lowest BCUT2D eigenvalue weighted by atomic mass is 9.41. The van der Waals surface area contributed by atoms with Gasteiger partial charge in [-0.2, -0.15) is 0 Å². The van der Waals surface area contributed by atoms with Crippen molar-refractivity contribution in [3.05, 3.63) is 11.6 Å². The molecule has 6 fully saturated rings. The Labute approximate surface area is 273 Å². The third-order valence-corrected chi connectivity index (χ3v) is 14.0. The number of aliphatic hydroxyl groups is 4. The van der Waals surface area contributed by atoms with E-state index in [0.29, 0.717) is 38.8 Å². The van der Waals surface area contributed by atoms with Crippen molar-refractivity contribution in [1.29, 1.82) is 0 Å². The summed E-state index contributed by atoms with van der Waals surface area (Å²) in [5.41, 5.74) is -1.83. The van der Waals surface area contributed by atoms with E-state index in [9.17, 15) is 25.2 Å². The molecule has 12 atom stereocenters. The molecule has 258 valence electrons. The third-order valence-electron chi connectivity index (χ3n) is 14.0. The molecule has 3 heterocycles. The maximum absolute atomic E-state index is 12.8. The zero-order valence-electron chi connectivity index (χ0n) is 27.8. The average molecular weight is 645 g/mol. The van der Waals surface area contributed by atoms with Gasteiger partial charge in [0, 0.05) is 42.5 Å². The smallest absolute Gasteiger partial charge is 0.331 e. The van der Waals surface area contributed by atoms with Crippen LogP contribution in [0.2, 0.25) is 0 Å². The number of aliphatic hydroxyl groups excluding tert-OH is 2. The predicted molar refractivity (Wildman–Crippen MR) is 171 cm³/mol. The normalized spacial score (nSPS) is 49.7. The van der Waals surface area contributed by atoms with E-state index >= 15 is 0 Å². The summed E-state index contributed by atoms with van der Waals surface area (Å²) in [4.78, 5) is 19.6. The van der Waals surface area contributed by atoms with Crippen LogP contribution in [0.4, 0.5) is 0 Å². The van der Waals surface area contributed by atoms with Gasteiger partial charge in [-0.1, -0.05) is 13.3 Å². The highest BCUT2D eigenvalue weighted by Crippen LogP contribution is 2.70. The molecular weight excluding hydrogens is 588 g/mol. The number of piperidine rings is 1. The quantitative estimate of drug-likeness (QED) is 0.187. The number of rotatable bonds is 7. The molecule has 0 radical (unpaired) electrons. The van der Waals surface area contributed by atoms with Crippen LogP contribution in [0.5, 0.6) is 0 Å². The maximum Gasteiger partial charge on any atom is 0.331 e. The van der Waals surface area contributed by atoms with Crippen molar-refractivity contribution in [3.63, 3.8) is 0 Å². The number of hydrogen-bond acceptors (Lipinski definition) is 10. The highest BCUT2D eigenvalue weighted by Gasteiger charge is 2.71. The number of likely N-dealkylation sites (tertiary alicyclic amines) is 1. The fourth-order valence-corrected chi connectivity index (χ4v) is 11.4. The fourth-order valence-electron chi connectivity index (χ4n) is 11.4. The Balaban J connectivity index is 1.14. The van der Waals surface area contributed by atoms with Crippen LogP contribution in [0.1, 0.15) is 97.3 Å². The van der Waals surface area contributed by atoms with Crippen LogP contribution in [0.25, 0.3) is 0 Å². The second-order valence-corrected chi connectivity index (χ2v) is 16.1. The Bertz CT molecular complexity index is 1190. The minimum atomic E-state index is -1.04. The number of nitrogens with zero attached hydrogens (tertiary/aromatic N) is 2. The lowest BCUT2D eigenvalue weighted by Gasteiger charge is -2.66. The molecule has 0 aromatic carbocycles. The summed E-state index contributed by atoms with van der Waals surface area (Å²) >= 11 is 0. The Morgan fingerprint density at radius 3 is 2.57 bits per heavy atom. The molecule has 7 aliphatic rings. The van der Waals surface area contributed by atoms with Crippen LogP contribution in [-0.4, -0.2) is 112 Å². The van der Waals surface area contributed by atoms with E-state index in [1.54, 1.807) is 13.0 Å². The number of carbonyl (C=O) groups excluding carboxylic acids is 1. The molecule has 4 saturated carbocycles. The molecule has 7 rings (SSSR count). The van der Waals surface area contributed by atoms with Gasteiger partial charge in [0.1, 0.15) is 12.7 Å². The first kappa shape index (κ1) is 33.1. The van der Waals surface area contributed by atoms with E-state index in [4.69, 9.17) is 19.2 Å². The Morgan fingerprint density at radius 2 is 1.83 bits per heavy atom. The molecule has 3 aliphatic heterocycles. The molecule has 0 unspecified atom stereocenters. The number of fused-ring (bicyclic) bond motifs is 5. The molecule has 0 aromatic heterocycles. The average Bonchev–Trinajstić information content (AvgIpc) is 3.58. The molecule has 46 heavy (non-hydrogen) atoms. The Hall–Kier alpha value is -1.40. The maximum atomic E-state index is 12.8. The number of cyclic esters (lactones) is 1. The number of aliphatic imine (C=N–C) groups is 1. The van der Waals surface area contributed by atoms with Gasteiger partial charge in [-0.15, -0.1) is 0 Å². The van der Waals surface area contributed by atoms with Crippen LogP contribution < -0.4 is 0 Å². The van der Waals surface area contributed by atoms with Crippen LogP contribution in [0.3, 0.4) is 0 Å². The van der Waals surface area contributed by atoms with Gasteiger partial charge in [0.05, 0.1) is 36.1 Å².